The van der Waals surface area contributed by atoms with E-state index in [0.29, 0.717) is 12.0 Å². The van der Waals surface area contributed by atoms with Gasteiger partial charge in [-0.15, -0.1) is 0 Å². The monoisotopic (exact) mass is 325 g/mol. The molecule has 4 nitrogen and oxygen atoms in total. The van der Waals surface area contributed by atoms with Crippen LogP contribution in [0.25, 0.3) is 0 Å². The molecule has 0 bridgehead atoms. The topological polar surface area (TPSA) is 52.4 Å². The minimum absolute atomic E-state index is 0.0326. The first kappa shape index (κ1) is 12.2. The Balaban J connectivity index is 3.51. The second-order valence-electron chi connectivity index (χ2n) is 2.83. The fourth-order valence-electron chi connectivity index (χ4n) is 1.23. The highest BCUT2D eigenvalue weighted by atomic mass is 127. The number of ether oxygens (including phenoxy) is 1. The van der Waals surface area contributed by atoms with E-state index in [4.69, 9.17) is 4.74 Å². The van der Waals surface area contributed by atoms with E-state index in [0.717, 1.165) is 0 Å². The average Bonchev–Trinajstić information content (AvgIpc) is 2.20. The van der Waals surface area contributed by atoms with Crippen LogP contribution in [0.4, 0.5) is 10.1 Å². The van der Waals surface area contributed by atoms with Crippen LogP contribution in [-0.4, -0.2) is 12.0 Å². The summed E-state index contributed by atoms with van der Waals surface area (Å²) in [6.07, 6.45) is 0.601. The Kier molecular flexibility index (Phi) is 3.83. The Bertz CT molecular complexity index is 409. The fraction of sp³-hybridized carbons (Fsp3) is 0.333. The molecule has 0 unspecified atom stereocenters. The molecule has 0 atom stereocenters. The van der Waals surface area contributed by atoms with Gasteiger partial charge in [0.05, 0.1) is 15.6 Å². The van der Waals surface area contributed by atoms with Crippen LogP contribution in [0.2, 0.25) is 0 Å². The average molecular weight is 325 g/mol. The van der Waals surface area contributed by atoms with Crippen molar-refractivity contribution in [1.29, 1.82) is 0 Å². The third kappa shape index (κ3) is 2.19. The van der Waals surface area contributed by atoms with E-state index in [-0.39, 0.29) is 9.32 Å². The quantitative estimate of drug-likeness (QED) is 0.488. The zero-order valence-corrected chi connectivity index (χ0v) is 10.4. The molecule has 0 spiro atoms. The first-order chi connectivity index (χ1) is 7.02. The molecule has 82 valence electrons. The van der Waals surface area contributed by atoms with Crippen molar-refractivity contribution in [3.63, 3.8) is 0 Å². The Morgan fingerprint density at radius 3 is 2.67 bits per heavy atom. The summed E-state index contributed by atoms with van der Waals surface area (Å²) in [5.41, 5.74) is 0.106. The molecule has 1 rings (SSSR count). The number of halogens is 2. The molecule has 0 aliphatic carbocycles. The number of benzene rings is 1. The van der Waals surface area contributed by atoms with Crippen molar-refractivity contribution in [2.24, 2.45) is 0 Å². The van der Waals surface area contributed by atoms with Gasteiger partial charge in [0.15, 0.2) is 5.75 Å². The zero-order chi connectivity index (χ0) is 11.6. The van der Waals surface area contributed by atoms with Crippen LogP contribution in [0.3, 0.4) is 0 Å². The lowest BCUT2D eigenvalue weighted by Crippen LogP contribution is -2.02. The summed E-state index contributed by atoms with van der Waals surface area (Å²) in [6, 6.07) is 1.50. The van der Waals surface area contributed by atoms with E-state index in [1.54, 1.807) is 22.6 Å². The Hall–Kier alpha value is -0.920. The summed E-state index contributed by atoms with van der Waals surface area (Å²) >= 11 is 1.76. The number of hydrogen-bond donors (Lipinski definition) is 0. The Morgan fingerprint density at radius 1 is 1.67 bits per heavy atom. The number of rotatable bonds is 3. The summed E-state index contributed by atoms with van der Waals surface area (Å²) in [5, 5.41) is 10.6. The standard InChI is InChI=1S/C9H9FINO3/c1-3-5-4-6(15-2)9(12(13)14)7(10)8(5)11/h4H,3H2,1-2H3. The van der Waals surface area contributed by atoms with Crippen LogP contribution in [0.15, 0.2) is 6.07 Å². The molecule has 6 heteroatoms. The minimum Gasteiger partial charge on any atom is -0.490 e. The summed E-state index contributed by atoms with van der Waals surface area (Å²) in [7, 11) is 1.29. The molecular formula is C9H9FINO3. The first-order valence-corrected chi connectivity index (χ1v) is 5.30. The molecule has 0 aliphatic heterocycles. The highest BCUT2D eigenvalue weighted by Crippen LogP contribution is 2.35. The Morgan fingerprint density at radius 2 is 2.27 bits per heavy atom. The molecule has 0 fully saturated rings. The molecule has 0 amide bonds. The zero-order valence-electron chi connectivity index (χ0n) is 8.21. The van der Waals surface area contributed by atoms with E-state index in [1.165, 1.54) is 13.2 Å². The van der Waals surface area contributed by atoms with E-state index >= 15 is 0 Å². The smallest absolute Gasteiger partial charge is 0.347 e. The van der Waals surface area contributed by atoms with Crippen LogP contribution in [0.5, 0.6) is 5.75 Å². The SMILES string of the molecule is CCc1cc(OC)c([N+](=O)[O-])c(F)c1I. The number of nitro groups is 1. The molecule has 0 radical (unpaired) electrons. The van der Waals surface area contributed by atoms with Crippen molar-refractivity contribution in [2.75, 3.05) is 7.11 Å². The van der Waals surface area contributed by atoms with Crippen molar-refractivity contribution in [2.45, 2.75) is 13.3 Å². The Labute approximate surface area is 99.7 Å². The predicted molar refractivity (Wildman–Crippen MR) is 61.7 cm³/mol. The molecule has 0 heterocycles. The molecule has 0 saturated heterocycles. The molecule has 0 N–H and O–H groups in total. The lowest BCUT2D eigenvalue weighted by Gasteiger charge is -2.07. The number of aryl methyl sites for hydroxylation is 1. The van der Waals surface area contributed by atoms with E-state index in [1.807, 2.05) is 6.92 Å². The second-order valence-corrected chi connectivity index (χ2v) is 3.90. The molecule has 15 heavy (non-hydrogen) atoms. The summed E-state index contributed by atoms with van der Waals surface area (Å²) in [4.78, 5) is 9.87. The van der Waals surface area contributed by atoms with E-state index < -0.39 is 16.4 Å². The third-order valence-corrected chi connectivity index (χ3v) is 3.17. The summed E-state index contributed by atoms with van der Waals surface area (Å²) < 4.78 is 18.7. The first-order valence-electron chi connectivity index (χ1n) is 4.22. The highest BCUT2D eigenvalue weighted by Gasteiger charge is 2.25. The molecular weight excluding hydrogens is 316 g/mol. The predicted octanol–water partition coefficient (Wildman–Crippen LogP) is 2.91. The maximum absolute atomic E-state index is 13.6. The van der Waals surface area contributed by atoms with Gasteiger partial charge in [0, 0.05) is 0 Å². The summed E-state index contributed by atoms with van der Waals surface area (Å²) in [6.45, 7) is 1.85. The summed E-state index contributed by atoms with van der Waals surface area (Å²) in [5.74, 6) is -0.855. The molecule has 0 aromatic heterocycles. The van der Waals surface area contributed by atoms with Crippen molar-refractivity contribution in [3.05, 3.63) is 31.1 Å². The van der Waals surface area contributed by atoms with Gasteiger partial charge in [-0.1, -0.05) is 6.92 Å². The van der Waals surface area contributed by atoms with Gasteiger partial charge < -0.3 is 4.74 Å². The number of nitrogens with zero attached hydrogens (tertiary/aromatic N) is 1. The second kappa shape index (κ2) is 4.73. The van der Waals surface area contributed by atoms with Gasteiger partial charge in [-0.2, -0.15) is 4.39 Å². The number of hydrogen-bond acceptors (Lipinski definition) is 3. The van der Waals surface area contributed by atoms with Gasteiger partial charge in [-0.05, 0) is 40.6 Å². The van der Waals surface area contributed by atoms with Crippen molar-refractivity contribution >= 4 is 28.3 Å². The minimum atomic E-state index is -0.822. The van der Waals surface area contributed by atoms with Gasteiger partial charge in [0.25, 0.3) is 0 Å². The van der Waals surface area contributed by atoms with E-state index in [2.05, 4.69) is 0 Å². The van der Waals surface area contributed by atoms with Crippen molar-refractivity contribution in [1.82, 2.24) is 0 Å². The van der Waals surface area contributed by atoms with Crippen molar-refractivity contribution in [3.8, 4) is 5.75 Å². The maximum atomic E-state index is 13.6. The van der Waals surface area contributed by atoms with Gasteiger partial charge in [-0.25, -0.2) is 0 Å². The lowest BCUT2D eigenvalue weighted by atomic mass is 10.1. The largest absolute Gasteiger partial charge is 0.490 e. The van der Waals surface area contributed by atoms with E-state index in [9.17, 15) is 14.5 Å². The normalized spacial score (nSPS) is 10.1. The van der Waals surface area contributed by atoms with Gasteiger partial charge in [0.1, 0.15) is 0 Å². The molecule has 1 aromatic carbocycles. The highest BCUT2D eigenvalue weighted by molar-refractivity contribution is 14.1. The van der Waals surface area contributed by atoms with Gasteiger partial charge in [0.2, 0.25) is 5.82 Å². The third-order valence-electron chi connectivity index (χ3n) is 2.00. The van der Waals surface area contributed by atoms with Crippen LogP contribution in [0.1, 0.15) is 12.5 Å². The van der Waals surface area contributed by atoms with Gasteiger partial charge in [-0.3, -0.25) is 10.1 Å². The maximum Gasteiger partial charge on any atom is 0.347 e. The van der Waals surface area contributed by atoms with Crippen LogP contribution in [-0.2, 0) is 6.42 Å². The lowest BCUT2D eigenvalue weighted by molar-refractivity contribution is -0.388. The number of methoxy groups -OCH3 is 1. The van der Waals surface area contributed by atoms with Crippen LogP contribution < -0.4 is 4.74 Å². The van der Waals surface area contributed by atoms with Crippen LogP contribution in [0, 0.1) is 19.5 Å². The fourth-order valence-corrected chi connectivity index (χ4v) is 2.02. The van der Waals surface area contributed by atoms with Crippen molar-refractivity contribution < 1.29 is 14.1 Å². The van der Waals surface area contributed by atoms with Gasteiger partial charge >= 0.3 is 5.69 Å². The van der Waals surface area contributed by atoms with Crippen LogP contribution >= 0.6 is 22.6 Å². The molecule has 0 saturated carbocycles. The molecule has 1 aromatic rings. The number of nitro benzene ring substituents is 1. The molecule has 0 aliphatic rings.